The molecule has 31 heavy (non-hydrogen) atoms. The summed E-state index contributed by atoms with van der Waals surface area (Å²) in [6, 6.07) is 28.2. The van der Waals surface area contributed by atoms with Crippen molar-refractivity contribution >= 4 is 16.8 Å². The van der Waals surface area contributed by atoms with Gasteiger partial charge in [-0.15, -0.1) is 0 Å². The molecule has 1 heterocycles. The van der Waals surface area contributed by atoms with E-state index < -0.39 is 0 Å². The number of nitrogens with zero attached hydrogens (tertiary/aromatic N) is 1. The van der Waals surface area contributed by atoms with Gasteiger partial charge in [0.25, 0.3) is 5.91 Å². The van der Waals surface area contributed by atoms with Gasteiger partial charge in [0.1, 0.15) is 0 Å². The average molecular weight is 409 g/mol. The van der Waals surface area contributed by atoms with Gasteiger partial charge in [-0.1, -0.05) is 86.6 Å². The van der Waals surface area contributed by atoms with E-state index in [-0.39, 0.29) is 11.9 Å². The molecule has 0 bridgehead atoms. The Kier molecular flexibility index (Phi) is 6.13. The van der Waals surface area contributed by atoms with Gasteiger partial charge in [0, 0.05) is 10.9 Å². The highest BCUT2D eigenvalue weighted by Gasteiger charge is 2.16. The highest BCUT2D eigenvalue weighted by molar-refractivity contribution is 6.07. The molecule has 1 N–H and O–H groups in total. The highest BCUT2D eigenvalue weighted by Crippen LogP contribution is 2.26. The first-order chi connectivity index (χ1) is 15.0. The fourth-order valence-electron chi connectivity index (χ4n) is 3.89. The normalized spacial score (nSPS) is 12.1. The number of fused-ring (bicyclic) bond motifs is 1. The molecule has 3 nitrogen and oxygen atoms in total. The van der Waals surface area contributed by atoms with E-state index in [2.05, 4.69) is 43.4 Å². The molecule has 0 spiro atoms. The summed E-state index contributed by atoms with van der Waals surface area (Å²) in [6.45, 7) is 6.45. The standard InChI is InChI=1S/C28H28N2O/c1-19(2)17-21-13-15-23(16-14-21)27-18-25(24-11-7-8-12-26(24)30-27)28(31)29-20(3)22-9-5-4-6-10-22/h4-16,18-20H,17H2,1-3H3,(H,29,31)/t20-/m1/s1. The lowest BCUT2D eigenvalue weighted by molar-refractivity contribution is 0.0941. The van der Waals surface area contributed by atoms with Crippen LogP contribution >= 0.6 is 0 Å². The van der Waals surface area contributed by atoms with Crippen LogP contribution in [0.5, 0.6) is 0 Å². The summed E-state index contributed by atoms with van der Waals surface area (Å²) < 4.78 is 0. The summed E-state index contributed by atoms with van der Waals surface area (Å²) in [5, 5.41) is 4.01. The van der Waals surface area contributed by atoms with Gasteiger partial charge in [-0.3, -0.25) is 4.79 Å². The van der Waals surface area contributed by atoms with Crippen molar-refractivity contribution < 1.29 is 4.79 Å². The van der Waals surface area contributed by atoms with Crippen LogP contribution in [0.25, 0.3) is 22.2 Å². The molecule has 0 aliphatic carbocycles. The van der Waals surface area contributed by atoms with Crippen molar-refractivity contribution in [2.45, 2.75) is 33.2 Å². The van der Waals surface area contributed by atoms with Crippen LogP contribution in [-0.2, 0) is 6.42 Å². The van der Waals surface area contributed by atoms with Crippen molar-refractivity contribution in [3.8, 4) is 11.3 Å². The number of carbonyl (C=O) groups is 1. The van der Waals surface area contributed by atoms with Crippen molar-refractivity contribution in [2.75, 3.05) is 0 Å². The number of nitrogens with one attached hydrogen (secondary N) is 1. The molecule has 0 saturated heterocycles. The minimum Gasteiger partial charge on any atom is -0.345 e. The number of hydrogen-bond acceptors (Lipinski definition) is 2. The number of carbonyl (C=O) groups excluding carboxylic acids is 1. The second-order valence-corrected chi connectivity index (χ2v) is 8.47. The first-order valence-electron chi connectivity index (χ1n) is 10.9. The zero-order valence-electron chi connectivity index (χ0n) is 18.3. The lowest BCUT2D eigenvalue weighted by Gasteiger charge is -2.16. The number of para-hydroxylation sites is 1. The molecule has 0 aliphatic heterocycles. The van der Waals surface area contributed by atoms with Gasteiger partial charge in [0.15, 0.2) is 0 Å². The van der Waals surface area contributed by atoms with Gasteiger partial charge in [0.05, 0.1) is 22.8 Å². The first kappa shape index (κ1) is 20.8. The van der Waals surface area contributed by atoms with E-state index in [4.69, 9.17) is 4.98 Å². The lowest BCUT2D eigenvalue weighted by Crippen LogP contribution is -2.27. The Labute approximate surface area is 184 Å². The zero-order chi connectivity index (χ0) is 21.8. The number of benzene rings is 3. The summed E-state index contributed by atoms with van der Waals surface area (Å²) in [5.41, 5.74) is 5.69. The monoisotopic (exact) mass is 408 g/mol. The highest BCUT2D eigenvalue weighted by atomic mass is 16.1. The molecule has 0 fully saturated rings. The van der Waals surface area contributed by atoms with E-state index in [1.165, 1.54) is 5.56 Å². The van der Waals surface area contributed by atoms with E-state index in [0.29, 0.717) is 11.5 Å². The van der Waals surface area contributed by atoms with E-state index >= 15 is 0 Å². The Balaban J connectivity index is 1.69. The number of hydrogen-bond donors (Lipinski definition) is 1. The number of aromatic nitrogens is 1. The molecule has 4 rings (SSSR count). The minimum atomic E-state index is -0.0902. The van der Waals surface area contributed by atoms with Gasteiger partial charge in [-0.25, -0.2) is 4.98 Å². The van der Waals surface area contributed by atoms with Gasteiger partial charge in [-0.2, -0.15) is 0 Å². The van der Waals surface area contributed by atoms with Crippen molar-refractivity contribution in [2.24, 2.45) is 5.92 Å². The summed E-state index contributed by atoms with van der Waals surface area (Å²) in [6.07, 6.45) is 1.05. The number of rotatable bonds is 6. The van der Waals surface area contributed by atoms with Crippen LogP contribution in [-0.4, -0.2) is 10.9 Å². The van der Waals surface area contributed by atoms with Crippen LogP contribution in [0.2, 0.25) is 0 Å². The smallest absolute Gasteiger partial charge is 0.252 e. The predicted molar refractivity (Wildman–Crippen MR) is 128 cm³/mol. The maximum Gasteiger partial charge on any atom is 0.252 e. The summed E-state index contributed by atoms with van der Waals surface area (Å²) in [5.74, 6) is 0.527. The largest absolute Gasteiger partial charge is 0.345 e. The third-order valence-electron chi connectivity index (χ3n) is 5.50. The molecule has 156 valence electrons. The molecular formula is C28H28N2O. The molecule has 0 saturated carbocycles. The second-order valence-electron chi connectivity index (χ2n) is 8.47. The van der Waals surface area contributed by atoms with Crippen LogP contribution in [0.3, 0.4) is 0 Å². The quantitative estimate of drug-likeness (QED) is 0.391. The molecule has 0 radical (unpaired) electrons. The van der Waals surface area contributed by atoms with E-state index in [9.17, 15) is 4.79 Å². The molecule has 4 aromatic rings. The summed E-state index contributed by atoms with van der Waals surface area (Å²) in [4.78, 5) is 18.1. The molecule has 1 aromatic heterocycles. The molecule has 3 heteroatoms. The maximum absolute atomic E-state index is 13.3. The number of amides is 1. The van der Waals surface area contributed by atoms with Crippen LogP contribution in [0.4, 0.5) is 0 Å². The lowest BCUT2D eigenvalue weighted by atomic mass is 9.99. The van der Waals surface area contributed by atoms with Crippen LogP contribution < -0.4 is 5.32 Å². The Morgan fingerprint density at radius 2 is 1.55 bits per heavy atom. The molecule has 1 atom stereocenters. The Morgan fingerprint density at radius 1 is 0.871 bits per heavy atom. The fourth-order valence-corrected chi connectivity index (χ4v) is 3.89. The van der Waals surface area contributed by atoms with Crippen LogP contribution in [0.15, 0.2) is 84.9 Å². The zero-order valence-corrected chi connectivity index (χ0v) is 18.3. The predicted octanol–water partition coefficient (Wildman–Crippen LogP) is 6.59. The van der Waals surface area contributed by atoms with E-state index in [0.717, 1.165) is 34.1 Å². The molecule has 3 aromatic carbocycles. The van der Waals surface area contributed by atoms with Crippen molar-refractivity contribution in [1.82, 2.24) is 10.3 Å². The molecular weight excluding hydrogens is 380 g/mol. The van der Waals surface area contributed by atoms with Gasteiger partial charge in [0.2, 0.25) is 0 Å². The molecule has 0 unspecified atom stereocenters. The summed E-state index contributed by atoms with van der Waals surface area (Å²) >= 11 is 0. The average Bonchev–Trinajstić information content (AvgIpc) is 2.79. The Bertz CT molecular complexity index is 1180. The van der Waals surface area contributed by atoms with Crippen molar-refractivity contribution in [3.63, 3.8) is 0 Å². The fraction of sp³-hybridized carbons (Fsp3) is 0.214. The summed E-state index contributed by atoms with van der Waals surface area (Å²) in [7, 11) is 0. The third-order valence-corrected chi connectivity index (χ3v) is 5.50. The van der Waals surface area contributed by atoms with Gasteiger partial charge >= 0.3 is 0 Å². The SMILES string of the molecule is CC(C)Cc1ccc(-c2cc(C(=O)N[C@H](C)c3ccccc3)c3ccccc3n2)cc1. The maximum atomic E-state index is 13.3. The third kappa shape index (κ3) is 4.83. The van der Waals surface area contributed by atoms with Crippen LogP contribution in [0.1, 0.15) is 48.3 Å². The number of pyridine rings is 1. The van der Waals surface area contributed by atoms with Crippen molar-refractivity contribution in [3.05, 3.63) is 102 Å². The van der Waals surface area contributed by atoms with Gasteiger partial charge < -0.3 is 5.32 Å². The van der Waals surface area contributed by atoms with Gasteiger partial charge in [-0.05, 0) is 42.5 Å². The first-order valence-corrected chi connectivity index (χ1v) is 10.9. The Hall–Kier alpha value is -3.46. The molecule has 1 amide bonds. The minimum absolute atomic E-state index is 0.0839. The molecule has 0 aliphatic rings. The van der Waals surface area contributed by atoms with E-state index in [1.54, 1.807) is 0 Å². The van der Waals surface area contributed by atoms with Crippen LogP contribution in [0, 0.1) is 5.92 Å². The Morgan fingerprint density at radius 3 is 2.26 bits per heavy atom. The topological polar surface area (TPSA) is 42.0 Å². The van der Waals surface area contributed by atoms with E-state index in [1.807, 2.05) is 67.6 Å². The second kappa shape index (κ2) is 9.13. The van der Waals surface area contributed by atoms with Crippen molar-refractivity contribution in [1.29, 1.82) is 0 Å².